The molecule has 3 aromatic rings. The molecule has 10 heteroatoms. The van der Waals surface area contributed by atoms with E-state index in [0.29, 0.717) is 51.8 Å². The predicted molar refractivity (Wildman–Crippen MR) is 143 cm³/mol. The first-order valence-electron chi connectivity index (χ1n) is 12.2. The lowest BCUT2D eigenvalue weighted by atomic mass is 10.1. The van der Waals surface area contributed by atoms with Gasteiger partial charge in [0.1, 0.15) is 23.1 Å². The molecule has 192 valence electrons. The van der Waals surface area contributed by atoms with Crippen LogP contribution in [-0.4, -0.2) is 62.7 Å². The SMILES string of the molecule is COc1cc(OC)c(Cl)c(-c2cc3cnc(NC4CCCOC4)cc3c(NCC3CCCO3)n2)c1Cl. The van der Waals surface area contributed by atoms with Gasteiger partial charge in [0.15, 0.2) is 0 Å². The van der Waals surface area contributed by atoms with Crippen LogP contribution in [0.4, 0.5) is 11.6 Å². The van der Waals surface area contributed by atoms with Gasteiger partial charge in [-0.3, -0.25) is 0 Å². The third-order valence-electron chi connectivity index (χ3n) is 6.58. The van der Waals surface area contributed by atoms with Crippen molar-refractivity contribution in [2.45, 2.75) is 37.8 Å². The maximum atomic E-state index is 6.71. The van der Waals surface area contributed by atoms with E-state index in [1.165, 1.54) is 0 Å². The second kappa shape index (κ2) is 11.3. The summed E-state index contributed by atoms with van der Waals surface area (Å²) in [6.45, 7) is 2.93. The van der Waals surface area contributed by atoms with E-state index in [4.69, 9.17) is 47.1 Å². The number of nitrogens with zero attached hydrogens (tertiary/aromatic N) is 2. The molecule has 36 heavy (non-hydrogen) atoms. The average Bonchev–Trinajstić information content (AvgIpc) is 3.42. The van der Waals surface area contributed by atoms with Gasteiger partial charge < -0.3 is 29.6 Å². The summed E-state index contributed by atoms with van der Waals surface area (Å²) in [5.74, 6) is 2.40. The number of methoxy groups -OCH3 is 2. The van der Waals surface area contributed by atoms with Gasteiger partial charge in [-0.2, -0.15) is 0 Å². The quantitative estimate of drug-likeness (QED) is 0.376. The van der Waals surface area contributed by atoms with Crippen LogP contribution >= 0.6 is 23.2 Å². The fourth-order valence-corrected chi connectivity index (χ4v) is 5.37. The van der Waals surface area contributed by atoms with Crippen LogP contribution in [0.15, 0.2) is 24.4 Å². The molecule has 2 fully saturated rings. The molecule has 2 aromatic heterocycles. The minimum Gasteiger partial charge on any atom is -0.495 e. The lowest BCUT2D eigenvalue weighted by Crippen LogP contribution is -2.30. The monoisotopic (exact) mass is 532 g/mol. The molecule has 2 aliphatic heterocycles. The number of rotatable bonds is 8. The van der Waals surface area contributed by atoms with Crippen molar-refractivity contribution in [1.82, 2.24) is 9.97 Å². The summed E-state index contributed by atoms with van der Waals surface area (Å²) < 4.78 is 22.4. The summed E-state index contributed by atoms with van der Waals surface area (Å²) in [4.78, 5) is 9.63. The number of ether oxygens (including phenoxy) is 4. The van der Waals surface area contributed by atoms with Gasteiger partial charge in [0, 0.05) is 48.4 Å². The zero-order valence-corrected chi connectivity index (χ0v) is 21.9. The molecular weight excluding hydrogens is 503 g/mol. The van der Waals surface area contributed by atoms with Gasteiger partial charge in [-0.15, -0.1) is 0 Å². The molecule has 0 spiro atoms. The molecule has 8 nitrogen and oxygen atoms in total. The Morgan fingerprint density at radius 1 is 1.03 bits per heavy atom. The van der Waals surface area contributed by atoms with Gasteiger partial charge >= 0.3 is 0 Å². The standard InChI is InChI=1S/C26H30Cl2N4O4/c1-33-20-11-21(34-2)25(28)23(24(20)27)19-9-15-12-29-22(31-16-5-3-7-35-14-16)10-18(15)26(32-19)30-13-17-6-4-8-36-17/h9-12,16-17H,3-8,13-14H2,1-2H3,(H,29,31)(H,30,32). The highest BCUT2D eigenvalue weighted by Crippen LogP contribution is 2.46. The van der Waals surface area contributed by atoms with Crippen LogP contribution in [0.25, 0.3) is 22.0 Å². The molecule has 0 amide bonds. The second-order valence-electron chi connectivity index (χ2n) is 9.01. The summed E-state index contributed by atoms with van der Waals surface area (Å²) in [5, 5.41) is 9.57. The molecule has 2 aliphatic rings. The van der Waals surface area contributed by atoms with Gasteiger partial charge in [-0.25, -0.2) is 9.97 Å². The second-order valence-corrected chi connectivity index (χ2v) is 9.76. The molecule has 2 N–H and O–H groups in total. The molecule has 2 unspecified atom stereocenters. The summed E-state index contributed by atoms with van der Waals surface area (Å²) in [7, 11) is 3.10. The fourth-order valence-electron chi connectivity index (χ4n) is 4.68. The van der Waals surface area contributed by atoms with E-state index in [-0.39, 0.29) is 12.1 Å². The van der Waals surface area contributed by atoms with Crippen LogP contribution in [0.1, 0.15) is 25.7 Å². The maximum absolute atomic E-state index is 6.71. The summed E-state index contributed by atoms with van der Waals surface area (Å²) in [5.41, 5.74) is 1.13. The number of nitrogens with one attached hydrogen (secondary N) is 2. The van der Waals surface area contributed by atoms with Crippen molar-refractivity contribution in [3.63, 3.8) is 0 Å². The first kappa shape index (κ1) is 25.1. The summed E-state index contributed by atoms with van der Waals surface area (Å²) >= 11 is 13.4. The molecule has 1 aromatic carbocycles. The molecule has 5 rings (SSSR count). The van der Waals surface area contributed by atoms with E-state index < -0.39 is 0 Å². The van der Waals surface area contributed by atoms with Gasteiger partial charge in [0.2, 0.25) is 0 Å². The molecular formula is C26H30Cl2N4O4. The third kappa shape index (κ3) is 5.27. The van der Waals surface area contributed by atoms with Crippen molar-refractivity contribution >= 4 is 45.6 Å². The molecule has 2 atom stereocenters. The van der Waals surface area contributed by atoms with Crippen molar-refractivity contribution in [2.75, 3.05) is 51.2 Å². The highest BCUT2D eigenvalue weighted by Gasteiger charge is 2.22. The molecule has 0 bridgehead atoms. The topological polar surface area (TPSA) is 86.8 Å². The molecule has 4 heterocycles. The minimum atomic E-state index is 0.147. The van der Waals surface area contributed by atoms with Crippen LogP contribution in [0.3, 0.4) is 0 Å². The van der Waals surface area contributed by atoms with E-state index in [1.54, 1.807) is 20.3 Å². The lowest BCUT2D eigenvalue weighted by molar-refractivity contribution is 0.0875. The van der Waals surface area contributed by atoms with Crippen molar-refractivity contribution in [2.24, 2.45) is 0 Å². The first-order valence-corrected chi connectivity index (χ1v) is 12.9. The third-order valence-corrected chi connectivity index (χ3v) is 7.33. The number of pyridine rings is 2. The number of aromatic nitrogens is 2. The minimum absolute atomic E-state index is 0.147. The number of anilines is 2. The zero-order chi connectivity index (χ0) is 25.1. The maximum Gasteiger partial charge on any atom is 0.141 e. The van der Waals surface area contributed by atoms with E-state index in [9.17, 15) is 0 Å². The Bertz CT molecular complexity index is 1200. The smallest absolute Gasteiger partial charge is 0.141 e. The van der Waals surface area contributed by atoms with Crippen molar-refractivity contribution in [1.29, 1.82) is 0 Å². The van der Waals surface area contributed by atoms with Crippen LogP contribution in [0, 0.1) is 0 Å². The van der Waals surface area contributed by atoms with Crippen LogP contribution in [0.2, 0.25) is 10.0 Å². The fraction of sp³-hybridized carbons (Fsp3) is 0.462. The number of hydrogen-bond acceptors (Lipinski definition) is 8. The zero-order valence-electron chi connectivity index (χ0n) is 20.4. The van der Waals surface area contributed by atoms with E-state index in [1.807, 2.05) is 18.3 Å². The first-order chi connectivity index (χ1) is 17.6. The average molecular weight is 533 g/mol. The normalized spacial score (nSPS) is 19.9. The Hall–Kier alpha value is -2.52. The number of halogens is 2. The van der Waals surface area contributed by atoms with Crippen molar-refractivity contribution in [3.05, 3.63) is 34.4 Å². The molecule has 0 saturated carbocycles. The van der Waals surface area contributed by atoms with Crippen molar-refractivity contribution in [3.8, 4) is 22.8 Å². The largest absolute Gasteiger partial charge is 0.495 e. The van der Waals surface area contributed by atoms with Crippen LogP contribution in [-0.2, 0) is 9.47 Å². The van der Waals surface area contributed by atoms with E-state index in [0.717, 1.165) is 55.5 Å². The molecule has 2 saturated heterocycles. The Balaban J connectivity index is 1.58. The Labute approximate surface area is 220 Å². The lowest BCUT2D eigenvalue weighted by Gasteiger charge is -2.24. The van der Waals surface area contributed by atoms with Crippen LogP contribution < -0.4 is 20.1 Å². The van der Waals surface area contributed by atoms with Gasteiger partial charge in [-0.1, -0.05) is 23.2 Å². The number of benzene rings is 1. The van der Waals surface area contributed by atoms with Crippen LogP contribution in [0.5, 0.6) is 11.5 Å². The molecule has 0 radical (unpaired) electrons. The van der Waals surface area contributed by atoms with E-state index in [2.05, 4.69) is 15.6 Å². The summed E-state index contributed by atoms with van der Waals surface area (Å²) in [6, 6.07) is 5.86. The van der Waals surface area contributed by atoms with Crippen molar-refractivity contribution < 1.29 is 18.9 Å². The number of hydrogen-bond donors (Lipinski definition) is 2. The highest BCUT2D eigenvalue weighted by atomic mass is 35.5. The Kier molecular flexibility index (Phi) is 7.86. The number of fused-ring (bicyclic) bond motifs is 1. The van der Waals surface area contributed by atoms with Gasteiger partial charge in [0.25, 0.3) is 0 Å². The van der Waals surface area contributed by atoms with Gasteiger partial charge in [-0.05, 0) is 37.8 Å². The summed E-state index contributed by atoms with van der Waals surface area (Å²) in [6.07, 6.45) is 6.16. The highest BCUT2D eigenvalue weighted by molar-refractivity contribution is 6.41. The predicted octanol–water partition coefficient (Wildman–Crippen LogP) is 5.80. The van der Waals surface area contributed by atoms with E-state index >= 15 is 0 Å². The Morgan fingerprint density at radius 3 is 2.47 bits per heavy atom. The molecule has 0 aliphatic carbocycles. The van der Waals surface area contributed by atoms with Gasteiger partial charge in [0.05, 0.1) is 48.7 Å². The Morgan fingerprint density at radius 2 is 1.81 bits per heavy atom.